The van der Waals surface area contributed by atoms with Gasteiger partial charge in [-0.15, -0.1) is 11.3 Å². The number of rotatable bonds is 8. The predicted molar refractivity (Wildman–Crippen MR) is 117 cm³/mol. The molecule has 3 rings (SSSR count). The minimum Gasteiger partial charge on any atom is -0.463 e. The molecular formula is C22H22ClN3O3S. The third-order valence-electron chi connectivity index (χ3n) is 4.13. The fraction of sp³-hybridized carbons (Fsp3) is 0.273. The van der Waals surface area contributed by atoms with E-state index in [1.54, 1.807) is 38.2 Å². The quantitative estimate of drug-likeness (QED) is 0.514. The number of pyridine rings is 1. The molecule has 1 amide bonds. The number of aromatic nitrogens is 2. The van der Waals surface area contributed by atoms with Crippen LogP contribution in [0.4, 0.5) is 0 Å². The van der Waals surface area contributed by atoms with Crippen LogP contribution < -0.4 is 5.32 Å². The molecule has 2 heterocycles. The molecule has 156 valence electrons. The van der Waals surface area contributed by atoms with Gasteiger partial charge in [-0.25, -0.2) is 4.98 Å². The molecule has 0 bridgehead atoms. The van der Waals surface area contributed by atoms with Crippen molar-refractivity contribution >= 4 is 34.8 Å². The summed E-state index contributed by atoms with van der Waals surface area (Å²) >= 11 is 7.73. The van der Waals surface area contributed by atoms with Gasteiger partial charge in [0.25, 0.3) is 0 Å². The summed E-state index contributed by atoms with van der Waals surface area (Å²) in [6.45, 7) is 3.56. The summed E-state index contributed by atoms with van der Waals surface area (Å²) in [4.78, 5) is 33.7. The number of amides is 1. The van der Waals surface area contributed by atoms with Crippen molar-refractivity contribution in [2.24, 2.45) is 0 Å². The van der Waals surface area contributed by atoms with Gasteiger partial charge in [0.05, 0.1) is 36.4 Å². The zero-order valence-electron chi connectivity index (χ0n) is 16.7. The van der Waals surface area contributed by atoms with Crippen molar-refractivity contribution in [1.82, 2.24) is 15.3 Å². The Balaban J connectivity index is 1.71. The summed E-state index contributed by atoms with van der Waals surface area (Å²) in [6.07, 6.45) is 1.54. The summed E-state index contributed by atoms with van der Waals surface area (Å²) in [5.74, 6) is -0.656. The van der Waals surface area contributed by atoms with E-state index in [1.807, 2.05) is 29.6 Å². The van der Waals surface area contributed by atoms with Crippen molar-refractivity contribution in [1.29, 1.82) is 0 Å². The third-order valence-corrected chi connectivity index (χ3v) is 5.39. The van der Waals surface area contributed by atoms with Crippen molar-refractivity contribution in [3.05, 3.63) is 70.3 Å². The Bertz CT molecular complexity index is 1010. The molecular weight excluding hydrogens is 422 g/mol. The Kier molecular flexibility index (Phi) is 7.54. The number of carbonyl (C=O) groups excluding carboxylic acids is 2. The van der Waals surface area contributed by atoms with Crippen LogP contribution in [0.25, 0.3) is 10.7 Å². The fourth-order valence-corrected chi connectivity index (χ4v) is 3.94. The maximum Gasteiger partial charge on any atom is 0.308 e. The topological polar surface area (TPSA) is 81.2 Å². The van der Waals surface area contributed by atoms with Gasteiger partial charge in [-0.3, -0.25) is 14.6 Å². The van der Waals surface area contributed by atoms with E-state index in [9.17, 15) is 9.59 Å². The number of halogens is 1. The molecule has 0 aliphatic carbocycles. The van der Waals surface area contributed by atoms with Gasteiger partial charge in [0, 0.05) is 16.6 Å². The van der Waals surface area contributed by atoms with E-state index in [1.165, 1.54) is 11.3 Å². The average Bonchev–Trinajstić information content (AvgIpc) is 3.16. The Morgan fingerprint density at radius 1 is 1.17 bits per heavy atom. The first kappa shape index (κ1) is 21.9. The predicted octanol–water partition coefficient (Wildman–Crippen LogP) is 4.60. The van der Waals surface area contributed by atoms with E-state index in [2.05, 4.69) is 15.3 Å². The molecule has 0 fully saturated rings. The highest BCUT2D eigenvalue weighted by Crippen LogP contribution is 2.26. The van der Waals surface area contributed by atoms with Crippen LogP contribution in [0.2, 0.25) is 5.02 Å². The molecule has 2 aromatic heterocycles. The first-order valence-corrected chi connectivity index (χ1v) is 10.8. The van der Waals surface area contributed by atoms with Gasteiger partial charge in [-0.2, -0.15) is 0 Å². The molecule has 1 atom stereocenters. The summed E-state index contributed by atoms with van der Waals surface area (Å²) in [5, 5.41) is 5.96. The summed E-state index contributed by atoms with van der Waals surface area (Å²) in [5.41, 5.74) is 2.07. The lowest BCUT2D eigenvalue weighted by atomic mass is 10.0. The zero-order chi connectivity index (χ0) is 21.5. The van der Waals surface area contributed by atoms with E-state index in [0.717, 1.165) is 10.7 Å². The van der Waals surface area contributed by atoms with Crippen molar-refractivity contribution in [2.75, 3.05) is 0 Å². The molecule has 0 saturated carbocycles. The number of nitrogens with one attached hydrogen (secondary N) is 1. The van der Waals surface area contributed by atoms with Crippen LogP contribution in [-0.2, 0) is 20.7 Å². The standard InChI is InChI=1S/C22H22ClN3O3S/c1-14(2)29-21(28)12-19(16-7-3-4-8-17(16)23)26-20(27)11-15-13-30-22(25-15)18-9-5-6-10-24-18/h3-10,13-14,19H,11-12H2,1-2H3,(H,26,27). The van der Waals surface area contributed by atoms with E-state index in [-0.39, 0.29) is 24.9 Å². The third kappa shape index (κ3) is 6.11. The molecule has 3 aromatic rings. The lowest BCUT2D eigenvalue weighted by molar-refractivity contribution is -0.148. The van der Waals surface area contributed by atoms with Gasteiger partial charge in [-0.05, 0) is 37.6 Å². The molecule has 8 heteroatoms. The largest absolute Gasteiger partial charge is 0.463 e. The van der Waals surface area contributed by atoms with Gasteiger partial charge in [-0.1, -0.05) is 35.9 Å². The number of ether oxygens (including phenoxy) is 1. The van der Waals surface area contributed by atoms with Crippen molar-refractivity contribution in [3.8, 4) is 10.7 Å². The SMILES string of the molecule is CC(C)OC(=O)CC(NC(=O)Cc1csc(-c2ccccn2)n1)c1ccccc1Cl. The second-order valence-electron chi connectivity index (χ2n) is 6.92. The average molecular weight is 444 g/mol. The number of nitrogens with zero attached hydrogens (tertiary/aromatic N) is 2. The number of carbonyl (C=O) groups is 2. The van der Waals surface area contributed by atoms with Crippen molar-refractivity contribution in [3.63, 3.8) is 0 Å². The Hall–Kier alpha value is -2.77. The summed E-state index contributed by atoms with van der Waals surface area (Å²) in [6, 6.07) is 12.1. The molecule has 1 aromatic carbocycles. The van der Waals surface area contributed by atoms with Crippen molar-refractivity contribution < 1.29 is 14.3 Å². The van der Waals surface area contributed by atoms with Crippen LogP contribution in [0.1, 0.15) is 37.6 Å². The molecule has 1 unspecified atom stereocenters. The van der Waals surface area contributed by atoms with Gasteiger partial charge < -0.3 is 10.1 Å². The van der Waals surface area contributed by atoms with Gasteiger partial charge in [0.2, 0.25) is 5.91 Å². The number of thiazole rings is 1. The Labute approximate surface area is 184 Å². The summed E-state index contributed by atoms with van der Waals surface area (Å²) < 4.78 is 5.24. The molecule has 0 saturated heterocycles. The molecule has 0 aliphatic rings. The molecule has 1 N–H and O–H groups in total. The molecule has 0 spiro atoms. The van der Waals surface area contributed by atoms with Crippen molar-refractivity contribution in [2.45, 2.75) is 38.8 Å². The van der Waals surface area contributed by atoms with Gasteiger partial charge in [0.15, 0.2) is 0 Å². The smallest absolute Gasteiger partial charge is 0.308 e. The maximum atomic E-state index is 12.7. The van der Waals surface area contributed by atoms with Crippen LogP contribution >= 0.6 is 22.9 Å². The number of hydrogen-bond acceptors (Lipinski definition) is 6. The number of esters is 1. The Morgan fingerprint density at radius 2 is 1.93 bits per heavy atom. The lowest BCUT2D eigenvalue weighted by Gasteiger charge is -2.20. The van der Waals surface area contributed by atoms with Crippen LogP contribution in [0.5, 0.6) is 0 Å². The van der Waals surface area contributed by atoms with E-state index >= 15 is 0 Å². The van der Waals surface area contributed by atoms with Crippen LogP contribution in [0.15, 0.2) is 54.0 Å². The van der Waals surface area contributed by atoms with E-state index in [4.69, 9.17) is 16.3 Å². The van der Waals surface area contributed by atoms with Gasteiger partial charge >= 0.3 is 5.97 Å². The van der Waals surface area contributed by atoms with Crippen LogP contribution in [0, 0.1) is 0 Å². The van der Waals surface area contributed by atoms with E-state index in [0.29, 0.717) is 16.3 Å². The van der Waals surface area contributed by atoms with Crippen LogP contribution in [0.3, 0.4) is 0 Å². The highest BCUT2D eigenvalue weighted by atomic mass is 35.5. The molecule has 30 heavy (non-hydrogen) atoms. The second-order valence-corrected chi connectivity index (χ2v) is 8.19. The lowest BCUT2D eigenvalue weighted by Crippen LogP contribution is -2.32. The maximum absolute atomic E-state index is 12.7. The fourth-order valence-electron chi connectivity index (χ4n) is 2.88. The molecule has 6 nitrogen and oxygen atoms in total. The minimum absolute atomic E-state index is 0.0100. The highest BCUT2D eigenvalue weighted by molar-refractivity contribution is 7.13. The number of benzene rings is 1. The monoisotopic (exact) mass is 443 g/mol. The first-order valence-electron chi connectivity index (χ1n) is 9.51. The highest BCUT2D eigenvalue weighted by Gasteiger charge is 2.22. The first-order chi connectivity index (χ1) is 14.4. The van der Waals surface area contributed by atoms with Gasteiger partial charge in [0.1, 0.15) is 5.01 Å². The Morgan fingerprint density at radius 3 is 2.63 bits per heavy atom. The van der Waals surface area contributed by atoms with E-state index < -0.39 is 12.0 Å². The minimum atomic E-state index is -0.591. The second kappa shape index (κ2) is 10.3. The molecule has 0 aliphatic heterocycles. The number of hydrogen-bond donors (Lipinski definition) is 1. The van der Waals surface area contributed by atoms with Crippen LogP contribution in [-0.4, -0.2) is 27.9 Å². The normalized spacial score (nSPS) is 11.9. The zero-order valence-corrected chi connectivity index (χ0v) is 18.2. The summed E-state index contributed by atoms with van der Waals surface area (Å²) in [7, 11) is 0. The molecule has 0 radical (unpaired) electrons.